The van der Waals surface area contributed by atoms with Crippen molar-refractivity contribution in [2.75, 3.05) is 10.7 Å². The lowest BCUT2D eigenvalue weighted by Crippen LogP contribution is -1.24. The third-order valence-electron chi connectivity index (χ3n) is 0. The molecule has 48 valence electrons. The van der Waals surface area contributed by atoms with Crippen LogP contribution >= 0.6 is 58.8 Å². The third-order valence-corrected chi connectivity index (χ3v) is 0. The minimum Gasteiger partial charge on any atom is -0.147 e. The second-order valence-electron chi connectivity index (χ2n) is 0.202. The van der Waals surface area contributed by atoms with E-state index in [1.165, 1.54) is 0 Å². The van der Waals surface area contributed by atoms with Gasteiger partial charge in [0.15, 0.2) is 0 Å². The summed E-state index contributed by atoms with van der Waals surface area (Å²) in [5.74, 6) is 0. The quantitative estimate of drug-likeness (QED) is 0.534. The van der Waals surface area contributed by atoms with Gasteiger partial charge in [0, 0.05) is 0 Å². The highest BCUT2D eigenvalue weighted by Crippen LogP contribution is 1.73. The molecule has 0 aromatic rings. The molecule has 0 spiro atoms. The Bertz CT molecular complexity index is 8.04. The van der Waals surface area contributed by atoms with Gasteiger partial charge in [0.05, 0.1) is 10.7 Å². The largest absolute Gasteiger partial charge is 0.147 e. The molecule has 0 amide bonds. The molecule has 0 aromatic carbocycles. The van der Waals surface area contributed by atoms with E-state index in [0.717, 1.165) is 0 Å². The molecule has 0 saturated heterocycles. The minimum atomic E-state index is 0. The molecule has 0 nitrogen and oxygen atoms in total. The van der Waals surface area contributed by atoms with Gasteiger partial charge < -0.3 is 0 Å². The van der Waals surface area contributed by atoms with Gasteiger partial charge in [-0.05, 0) is 0 Å². The summed E-state index contributed by atoms with van der Waals surface area (Å²) in [5.41, 5.74) is 0. The standard InChI is InChI=1S/2CH2Cl2.ClH/c2*2-1-3;/h2*1H2;1H. The van der Waals surface area contributed by atoms with Gasteiger partial charge in [0.1, 0.15) is 0 Å². The van der Waals surface area contributed by atoms with E-state index in [2.05, 4.69) is 0 Å². The number of alkyl halides is 4. The normalized spacial score (nSPS) is 5.14. The van der Waals surface area contributed by atoms with Crippen LogP contribution in [-0.4, -0.2) is 10.7 Å². The predicted octanol–water partition coefficient (Wildman–Crippen LogP) is 3.26. The molecule has 0 bridgehead atoms. The van der Waals surface area contributed by atoms with Crippen molar-refractivity contribution in [3.05, 3.63) is 0 Å². The average molecular weight is 206 g/mol. The number of hydrogen-bond donors (Lipinski definition) is 0. The summed E-state index contributed by atoms with van der Waals surface area (Å²) in [6, 6.07) is 0. The van der Waals surface area contributed by atoms with E-state index in [-0.39, 0.29) is 23.1 Å². The Morgan fingerprint density at radius 1 is 0.714 bits per heavy atom. The van der Waals surface area contributed by atoms with Gasteiger partial charge in [0.2, 0.25) is 0 Å². The van der Waals surface area contributed by atoms with E-state index in [9.17, 15) is 0 Å². The lowest BCUT2D eigenvalue weighted by Gasteiger charge is -1.42. The Morgan fingerprint density at radius 3 is 0.714 bits per heavy atom. The van der Waals surface area contributed by atoms with Gasteiger partial charge in [-0.1, -0.05) is 0 Å². The Labute approximate surface area is 69.5 Å². The van der Waals surface area contributed by atoms with Crippen molar-refractivity contribution in [1.29, 1.82) is 0 Å². The van der Waals surface area contributed by atoms with Gasteiger partial charge in [-0.25, -0.2) is 0 Å². The molecule has 0 unspecified atom stereocenters. The molecule has 0 aliphatic rings. The average Bonchev–Trinajstić information content (AvgIpc) is 1.39. The van der Waals surface area contributed by atoms with Gasteiger partial charge in [0.25, 0.3) is 0 Å². The Kier molecular flexibility index (Phi) is 58.7. The predicted molar refractivity (Wildman–Crippen MR) is 40.4 cm³/mol. The topological polar surface area (TPSA) is 0 Å². The number of hydrogen-bond acceptors (Lipinski definition) is 0. The zero-order chi connectivity index (χ0) is 5.41. The molecule has 0 aromatic heterocycles. The van der Waals surface area contributed by atoms with Crippen LogP contribution in [0.15, 0.2) is 0 Å². The Balaban J connectivity index is -0.0000000400. The van der Waals surface area contributed by atoms with Crippen LogP contribution < -0.4 is 0 Å². The highest BCUT2D eigenvalue weighted by molar-refractivity contribution is 6.40. The summed E-state index contributed by atoms with van der Waals surface area (Å²) in [7, 11) is 0. The Hall–Kier alpha value is 1.45. The lowest BCUT2D eigenvalue weighted by atomic mass is 11.9. The van der Waals surface area contributed by atoms with Crippen LogP contribution in [0.5, 0.6) is 0 Å². The van der Waals surface area contributed by atoms with Crippen LogP contribution in [0.2, 0.25) is 0 Å². The highest BCUT2D eigenvalue weighted by Gasteiger charge is 1.42. The molecule has 0 aliphatic heterocycles. The molecule has 0 rings (SSSR count). The smallest absolute Gasteiger partial charge is 0.0967 e. The Morgan fingerprint density at radius 2 is 0.714 bits per heavy atom. The van der Waals surface area contributed by atoms with Gasteiger partial charge >= 0.3 is 0 Å². The van der Waals surface area contributed by atoms with E-state index in [4.69, 9.17) is 46.4 Å². The van der Waals surface area contributed by atoms with E-state index in [1.54, 1.807) is 0 Å². The fourth-order valence-electron chi connectivity index (χ4n) is 0. The van der Waals surface area contributed by atoms with Crippen LogP contribution in [0.1, 0.15) is 0 Å². The molecule has 0 N–H and O–H groups in total. The maximum Gasteiger partial charge on any atom is 0.0967 e. The van der Waals surface area contributed by atoms with Crippen molar-refractivity contribution < 1.29 is 0 Å². The maximum absolute atomic E-state index is 4.76. The van der Waals surface area contributed by atoms with Crippen molar-refractivity contribution >= 4 is 58.8 Å². The van der Waals surface area contributed by atoms with Gasteiger partial charge in [-0.15, -0.1) is 58.8 Å². The molecule has 0 radical (unpaired) electrons. The van der Waals surface area contributed by atoms with Crippen LogP contribution in [0.25, 0.3) is 0 Å². The number of halogens is 5. The van der Waals surface area contributed by atoms with Crippen molar-refractivity contribution in [3.8, 4) is 0 Å². The van der Waals surface area contributed by atoms with Gasteiger partial charge in [-0.2, -0.15) is 0 Å². The zero-order valence-corrected chi connectivity index (χ0v) is 7.17. The fourth-order valence-corrected chi connectivity index (χ4v) is 0. The minimum absolute atomic E-state index is 0. The molecule has 0 heterocycles. The summed E-state index contributed by atoms with van der Waals surface area (Å²) in [6.45, 7) is 0. The summed E-state index contributed by atoms with van der Waals surface area (Å²) in [6.07, 6.45) is 0. The zero-order valence-electron chi connectivity index (χ0n) is 3.33. The van der Waals surface area contributed by atoms with Crippen LogP contribution in [0, 0.1) is 0 Å². The molecule has 0 fully saturated rings. The van der Waals surface area contributed by atoms with E-state index < -0.39 is 0 Å². The molecule has 7 heavy (non-hydrogen) atoms. The first-order valence-electron chi connectivity index (χ1n) is 1.07. The van der Waals surface area contributed by atoms with Crippen molar-refractivity contribution in [2.45, 2.75) is 0 Å². The fraction of sp³-hybridized carbons (Fsp3) is 1.00. The molecule has 0 atom stereocenters. The van der Waals surface area contributed by atoms with E-state index >= 15 is 0 Å². The SMILES string of the molecule is Cl.ClCCl.ClCCl. The highest BCUT2D eigenvalue weighted by atomic mass is 35.5. The van der Waals surface area contributed by atoms with Crippen LogP contribution in [0.3, 0.4) is 0 Å². The summed E-state index contributed by atoms with van der Waals surface area (Å²) in [4.78, 5) is 0. The summed E-state index contributed by atoms with van der Waals surface area (Å²) >= 11 is 19.1. The summed E-state index contributed by atoms with van der Waals surface area (Å²) < 4.78 is 0. The van der Waals surface area contributed by atoms with E-state index in [1.807, 2.05) is 0 Å². The first-order chi connectivity index (χ1) is 2.83. The van der Waals surface area contributed by atoms with Crippen molar-refractivity contribution in [3.63, 3.8) is 0 Å². The first-order valence-corrected chi connectivity index (χ1v) is 3.21. The second kappa shape index (κ2) is 26.0. The van der Waals surface area contributed by atoms with Crippen molar-refractivity contribution in [1.82, 2.24) is 0 Å². The maximum atomic E-state index is 4.76. The van der Waals surface area contributed by atoms with E-state index in [0.29, 0.717) is 0 Å². The second-order valence-corrected chi connectivity index (χ2v) is 1.82. The third kappa shape index (κ3) is 105. The lowest BCUT2D eigenvalue weighted by molar-refractivity contribution is 2.20. The monoisotopic (exact) mass is 204 g/mol. The molecular formula is C2H5Cl5. The van der Waals surface area contributed by atoms with Crippen molar-refractivity contribution in [2.24, 2.45) is 0 Å². The molecular weight excluding hydrogens is 201 g/mol. The number of rotatable bonds is 0. The molecule has 0 saturated carbocycles. The summed E-state index contributed by atoms with van der Waals surface area (Å²) in [5, 5.41) is 0.389. The molecule has 5 heteroatoms. The van der Waals surface area contributed by atoms with Crippen LogP contribution in [0.4, 0.5) is 0 Å². The van der Waals surface area contributed by atoms with Crippen LogP contribution in [-0.2, 0) is 0 Å². The first kappa shape index (κ1) is 15.8. The molecule has 0 aliphatic carbocycles. The van der Waals surface area contributed by atoms with Gasteiger partial charge in [-0.3, -0.25) is 0 Å².